The Balaban J connectivity index is 2.17. The van der Waals surface area contributed by atoms with Crippen LogP contribution in [0.3, 0.4) is 0 Å². The second-order valence-electron chi connectivity index (χ2n) is 5.54. The summed E-state index contributed by atoms with van der Waals surface area (Å²) in [7, 11) is 0. The summed E-state index contributed by atoms with van der Waals surface area (Å²) < 4.78 is -2.01. The van der Waals surface area contributed by atoms with Crippen molar-refractivity contribution in [3.05, 3.63) is 11.8 Å². The maximum atomic E-state index is 11.7. The van der Waals surface area contributed by atoms with Gasteiger partial charge < -0.3 is 5.32 Å². The van der Waals surface area contributed by atoms with Crippen LogP contribution >= 0.6 is 34.8 Å². The average molecular weight is 311 g/mol. The van der Waals surface area contributed by atoms with Gasteiger partial charge in [0.2, 0.25) is 0 Å². The van der Waals surface area contributed by atoms with E-state index >= 15 is 0 Å². The number of amides is 1. The number of alkyl halides is 3. The van der Waals surface area contributed by atoms with Crippen LogP contribution in [0.5, 0.6) is 0 Å². The SMILES string of the molecule is CC(=O)[C@@H]1C(NC(=O)C(Cl)(Cl)Cl)=C[C@H]2[C@@H]1C2(C)C. The van der Waals surface area contributed by atoms with Gasteiger partial charge in [-0.15, -0.1) is 0 Å². The normalized spacial score (nSPS) is 32.6. The molecule has 3 atom stereocenters. The molecule has 0 saturated heterocycles. The second kappa shape index (κ2) is 4.12. The molecule has 1 saturated carbocycles. The summed E-state index contributed by atoms with van der Waals surface area (Å²) in [6, 6.07) is 0. The van der Waals surface area contributed by atoms with Crippen LogP contribution in [0.15, 0.2) is 11.8 Å². The maximum absolute atomic E-state index is 11.7. The van der Waals surface area contributed by atoms with E-state index in [1.165, 1.54) is 6.92 Å². The molecule has 0 aromatic carbocycles. The van der Waals surface area contributed by atoms with Crippen LogP contribution in [0, 0.1) is 23.2 Å². The highest BCUT2D eigenvalue weighted by Gasteiger charge is 2.65. The van der Waals surface area contributed by atoms with E-state index in [1.54, 1.807) is 0 Å². The van der Waals surface area contributed by atoms with Gasteiger partial charge >= 0.3 is 0 Å². The van der Waals surface area contributed by atoms with Crippen molar-refractivity contribution in [2.75, 3.05) is 0 Å². The van der Waals surface area contributed by atoms with Gasteiger partial charge in [-0.1, -0.05) is 54.7 Å². The van der Waals surface area contributed by atoms with Crippen molar-refractivity contribution in [3.63, 3.8) is 0 Å². The standard InChI is InChI=1S/C12H14Cl3NO2/c1-5(17)8-7(16-10(18)12(13,14)15)4-6-9(8)11(6,2)3/h4,6,8-9H,1-3H3,(H,16,18)/t6-,8+,9-/m0/s1. The number of allylic oxidation sites excluding steroid dienone is 2. The predicted octanol–water partition coefficient (Wildman–Crippen LogP) is 2.85. The Hall–Kier alpha value is -0.250. The molecule has 2 rings (SSSR count). The number of nitrogens with one attached hydrogen (secondary N) is 1. The van der Waals surface area contributed by atoms with E-state index < -0.39 is 9.70 Å². The molecule has 0 aromatic heterocycles. The second-order valence-corrected chi connectivity index (χ2v) is 7.82. The van der Waals surface area contributed by atoms with Crippen molar-refractivity contribution in [1.82, 2.24) is 5.32 Å². The summed E-state index contributed by atoms with van der Waals surface area (Å²) in [6.07, 6.45) is 1.92. The first kappa shape index (κ1) is 14.2. The van der Waals surface area contributed by atoms with Gasteiger partial charge in [0.25, 0.3) is 9.70 Å². The molecule has 0 spiro atoms. The van der Waals surface area contributed by atoms with Gasteiger partial charge in [-0.2, -0.15) is 0 Å². The number of hydrogen-bond acceptors (Lipinski definition) is 2. The molecule has 0 bridgehead atoms. The highest BCUT2D eigenvalue weighted by atomic mass is 35.6. The highest BCUT2D eigenvalue weighted by molar-refractivity contribution is 6.76. The van der Waals surface area contributed by atoms with Gasteiger partial charge in [-0.25, -0.2) is 0 Å². The molecule has 2 aliphatic rings. The minimum absolute atomic E-state index is 0.0314. The maximum Gasteiger partial charge on any atom is 0.276 e. The largest absolute Gasteiger partial charge is 0.326 e. The number of rotatable bonds is 2. The summed E-state index contributed by atoms with van der Waals surface area (Å²) in [5, 5.41) is 2.55. The molecule has 0 radical (unpaired) electrons. The lowest BCUT2D eigenvalue weighted by atomic mass is 9.91. The van der Waals surface area contributed by atoms with Crippen molar-refractivity contribution >= 4 is 46.5 Å². The van der Waals surface area contributed by atoms with E-state index in [9.17, 15) is 9.59 Å². The Morgan fingerprint density at radius 3 is 2.33 bits per heavy atom. The lowest BCUT2D eigenvalue weighted by molar-refractivity contribution is -0.121. The van der Waals surface area contributed by atoms with Crippen LogP contribution < -0.4 is 5.32 Å². The molecule has 0 unspecified atom stereocenters. The summed E-state index contributed by atoms with van der Waals surface area (Å²) in [5.74, 6) is -0.410. The zero-order valence-corrected chi connectivity index (χ0v) is 12.5. The molecule has 0 aliphatic heterocycles. The van der Waals surface area contributed by atoms with E-state index in [4.69, 9.17) is 34.8 Å². The van der Waals surface area contributed by atoms with Crippen molar-refractivity contribution in [2.24, 2.45) is 23.2 Å². The molecular weight excluding hydrogens is 296 g/mol. The molecule has 1 fully saturated rings. The molecule has 6 heteroatoms. The van der Waals surface area contributed by atoms with Gasteiger partial charge in [-0.05, 0) is 24.2 Å². The molecule has 0 aromatic rings. The number of halogens is 3. The molecule has 1 amide bonds. The Morgan fingerprint density at radius 1 is 1.33 bits per heavy atom. The van der Waals surface area contributed by atoms with Crippen LogP contribution in [-0.4, -0.2) is 15.5 Å². The number of ketones is 1. The topological polar surface area (TPSA) is 46.2 Å². The molecule has 100 valence electrons. The first-order valence-corrected chi connectivity index (χ1v) is 6.80. The van der Waals surface area contributed by atoms with E-state index in [2.05, 4.69) is 19.2 Å². The average Bonchev–Trinajstić information content (AvgIpc) is 2.59. The van der Waals surface area contributed by atoms with E-state index in [1.807, 2.05) is 6.08 Å². The summed E-state index contributed by atoms with van der Waals surface area (Å²) >= 11 is 16.5. The van der Waals surface area contributed by atoms with Crippen molar-refractivity contribution in [2.45, 2.75) is 24.6 Å². The van der Waals surface area contributed by atoms with Crippen molar-refractivity contribution in [3.8, 4) is 0 Å². The summed E-state index contributed by atoms with van der Waals surface area (Å²) in [6.45, 7) is 5.75. The number of Topliss-reactive ketones (excluding diaryl/α,β-unsaturated/α-hetero) is 1. The fourth-order valence-corrected chi connectivity index (χ4v) is 3.10. The van der Waals surface area contributed by atoms with E-state index in [0.717, 1.165) is 0 Å². The number of carbonyl (C=O) groups excluding carboxylic acids is 2. The third kappa shape index (κ3) is 2.17. The van der Waals surface area contributed by atoms with Crippen molar-refractivity contribution < 1.29 is 9.59 Å². The smallest absolute Gasteiger partial charge is 0.276 e. The fourth-order valence-electron chi connectivity index (χ4n) is 2.96. The van der Waals surface area contributed by atoms with Gasteiger partial charge in [0.15, 0.2) is 0 Å². The van der Waals surface area contributed by atoms with Crippen LogP contribution in [0.25, 0.3) is 0 Å². The van der Waals surface area contributed by atoms with E-state index in [0.29, 0.717) is 11.6 Å². The molecule has 3 nitrogen and oxygen atoms in total. The zero-order chi connectivity index (χ0) is 13.9. The zero-order valence-electron chi connectivity index (χ0n) is 10.3. The molecule has 0 heterocycles. The number of fused-ring (bicyclic) bond motifs is 1. The molecular formula is C12H14Cl3NO2. The first-order chi connectivity index (χ1) is 8.06. The molecule has 2 aliphatic carbocycles. The molecule has 1 N–H and O–H groups in total. The Kier molecular flexibility index (Phi) is 3.24. The Bertz CT molecular complexity index is 451. The van der Waals surface area contributed by atoms with Gasteiger partial charge in [0.1, 0.15) is 5.78 Å². The van der Waals surface area contributed by atoms with Gasteiger partial charge in [-0.3, -0.25) is 9.59 Å². The Labute approximate surface area is 121 Å². The van der Waals surface area contributed by atoms with Crippen LogP contribution in [-0.2, 0) is 9.59 Å². The third-order valence-corrected chi connectivity index (χ3v) is 4.52. The lowest BCUT2D eigenvalue weighted by Crippen LogP contribution is -2.37. The van der Waals surface area contributed by atoms with Crippen LogP contribution in [0.1, 0.15) is 20.8 Å². The highest BCUT2D eigenvalue weighted by Crippen LogP contribution is 2.67. The van der Waals surface area contributed by atoms with Crippen LogP contribution in [0.4, 0.5) is 0 Å². The predicted molar refractivity (Wildman–Crippen MR) is 71.4 cm³/mol. The number of carbonyl (C=O) groups is 2. The van der Waals surface area contributed by atoms with E-state index in [-0.39, 0.29) is 23.0 Å². The van der Waals surface area contributed by atoms with Crippen molar-refractivity contribution in [1.29, 1.82) is 0 Å². The van der Waals surface area contributed by atoms with Gasteiger partial charge in [0.05, 0.1) is 5.92 Å². The monoisotopic (exact) mass is 309 g/mol. The minimum atomic E-state index is -2.01. The third-order valence-electron chi connectivity index (χ3n) is 4.00. The number of hydrogen-bond donors (Lipinski definition) is 1. The fraction of sp³-hybridized carbons (Fsp3) is 0.667. The van der Waals surface area contributed by atoms with Crippen LogP contribution in [0.2, 0.25) is 0 Å². The summed E-state index contributed by atoms with van der Waals surface area (Å²) in [5.41, 5.74) is 0.693. The molecule has 18 heavy (non-hydrogen) atoms. The minimum Gasteiger partial charge on any atom is -0.326 e. The summed E-state index contributed by atoms with van der Waals surface area (Å²) in [4.78, 5) is 23.3. The Morgan fingerprint density at radius 2 is 1.89 bits per heavy atom. The first-order valence-electron chi connectivity index (χ1n) is 5.67. The lowest BCUT2D eigenvalue weighted by Gasteiger charge is -2.21. The quantitative estimate of drug-likeness (QED) is 0.797. The van der Waals surface area contributed by atoms with Gasteiger partial charge in [0, 0.05) is 5.70 Å².